The van der Waals surface area contributed by atoms with Gasteiger partial charge in [0, 0.05) is 0 Å². The van der Waals surface area contributed by atoms with E-state index in [1.54, 1.807) is 24.3 Å². The third-order valence-electron chi connectivity index (χ3n) is 2.59. The first kappa shape index (κ1) is 13.2. The molecule has 0 radical (unpaired) electrons. The molecule has 0 amide bonds. The predicted molar refractivity (Wildman–Crippen MR) is 66.6 cm³/mol. The third kappa shape index (κ3) is 2.32. The number of carbonyl (C=O) groups excluding carboxylic acids is 1. The van der Waals surface area contributed by atoms with Gasteiger partial charge in [-0.3, -0.25) is 0 Å². The number of hydrogen-bond donors (Lipinski definition) is 1. The van der Waals surface area contributed by atoms with Crippen LogP contribution in [0.3, 0.4) is 0 Å². The highest BCUT2D eigenvalue weighted by Crippen LogP contribution is 2.36. The lowest BCUT2D eigenvalue weighted by Crippen LogP contribution is -2.20. The summed E-state index contributed by atoms with van der Waals surface area (Å²) in [4.78, 5) is 11.2. The number of hydrogen-bond acceptors (Lipinski definition) is 4. The Morgan fingerprint density at radius 1 is 1.44 bits per heavy atom. The number of ether oxygens (including phenoxy) is 2. The number of carbonyl (C=O) groups is 1. The molecule has 0 fully saturated rings. The standard InChI is InChI=1S/C12H10Cl2O4/c1-17-7-4-2-3-6(5-7)10(15)11-8(13)9(14)12(16)18-11/h2-5,10-11,15H,1H3/t10-,11+/m1/s1. The van der Waals surface area contributed by atoms with Crippen molar-refractivity contribution in [3.8, 4) is 5.75 Å². The number of rotatable bonds is 3. The van der Waals surface area contributed by atoms with Crippen LogP contribution in [0.15, 0.2) is 34.3 Å². The van der Waals surface area contributed by atoms with Gasteiger partial charge >= 0.3 is 5.97 Å². The Hall–Kier alpha value is -1.23. The van der Waals surface area contributed by atoms with Gasteiger partial charge in [0.1, 0.15) is 16.9 Å². The molecule has 0 saturated carbocycles. The maximum Gasteiger partial charge on any atom is 0.351 e. The SMILES string of the molecule is COc1cccc([C@@H](O)[C@H]2OC(=O)C(Cl)=C2Cl)c1. The van der Waals surface area contributed by atoms with Gasteiger partial charge in [0.25, 0.3) is 0 Å². The number of esters is 1. The molecule has 0 aromatic heterocycles. The quantitative estimate of drug-likeness (QED) is 0.868. The molecule has 4 nitrogen and oxygen atoms in total. The van der Waals surface area contributed by atoms with Crippen LogP contribution in [-0.2, 0) is 9.53 Å². The largest absolute Gasteiger partial charge is 0.497 e. The molecule has 18 heavy (non-hydrogen) atoms. The van der Waals surface area contributed by atoms with E-state index in [4.69, 9.17) is 32.7 Å². The van der Waals surface area contributed by atoms with Crippen LogP contribution in [0.5, 0.6) is 5.75 Å². The molecule has 0 unspecified atom stereocenters. The molecule has 1 aliphatic rings. The zero-order valence-corrected chi connectivity index (χ0v) is 10.9. The first-order valence-electron chi connectivity index (χ1n) is 5.12. The minimum absolute atomic E-state index is 0.0111. The maximum absolute atomic E-state index is 11.2. The van der Waals surface area contributed by atoms with Crippen LogP contribution >= 0.6 is 23.2 Å². The van der Waals surface area contributed by atoms with Gasteiger partial charge in [-0.15, -0.1) is 0 Å². The van der Waals surface area contributed by atoms with Crippen molar-refractivity contribution in [2.24, 2.45) is 0 Å². The zero-order chi connectivity index (χ0) is 13.3. The summed E-state index contributed by atoms with van der Waals surface area (Å²) in [5, 5.41) is 9.96. The molecule has 0 spiro atoms. The summed E-state index contributed by atoms with van der Waals surface area (Å²) in [6, 6.07) is 6.76. The van der Waals surface area contributed by atoms with Crippen molar-refractivity contribution >= 4 is 29.2 Å². The van der Waals surface area contributed by atoms with Gasteiger partial charge < -0.3 is 14.6 Å². The number of benzene rings is 1. The fraction of sp³-hybridized carbons (Fsp3) is 0.250. The molecule has 0 bridgehead atoms. The first-order chi connectivity index (χ1) is 8.54. The van der Waals surface area contributed by atoms with Crippen LogP contribution < -0.4 is 4.74 Å². The van der Waals surface area contributed by atoms with Crippen molar-refractivity contribution in [2.75, 3.05) is 7.11 Å². The van der Waals surface area contributed by atoms with E-state index in [1.165, 1.54) is 7.11 Å². The molecule has 6 heteroatoms. The third-order valence-corrected chi connectivity index (χ3v) is 3.45. The molecule has 96 valence electrons. The monoisotopic (exact) mass is 288 g/mol. The van der Waals surface area contributed by atoms with Crippen molar-refractivity contribution in [2.45, 2.75) is 12.2 Å². The van der Waals surface area contributed by atoms with E-state index < -0.39 is 18.2 Å². The molecule has 2 rings (SSSR count). The summed E-state index contributed by atoms with van der Waals surface area (Å²) in [7, 11) is 1.52. The lowest BCUT2D eigenvalue weighted by atomic mass is 10.0. The van der Waals surface area contributed by atoms with Crippen molar-refractivity contribution in [3.05, 3.63) is 39.9 Å². The average molecular weight is 289 g/mol. The van der Waals surface area contributed by atoms with Gasteiger partial charge in [0.15, 0.2) is 6.10 Å². The van der Waals surface area contributed by atoms with Gasteiger partial charge in [0.2, 0.25) is 0 Å². The van der Waals surface area contributed by atoms with E-state index in [0.29, 0.717) is 11.3 Å². The lowest BCUT2D eigenvalue weighted by molar-refractivity contribution is -0.143. The number of cyclic esters (lactones) is 1. The number of aliphatic hydroxyl groups is 1. The molecule has 1 aliphatic heterocycles. The van der Waals surface area contributed by atoms with Crippen LogP contribution in [0.25, 0.3) is 0 Å². The summed E-state index contributed by atoms with van der Waals surface area (Å²) in [5.41, 5.74) is 0.525. The van der Waals surface area contributed by atoms with Crippen molar-refractivity contribution in [1.29, 1.82) is 0 Å². The topological polar surface area (TPSA) is 55.8 Å². The normalized spacial score (nSPS) is 20.9. The van der Waals surface area contributed by atoms with Gasteiger partial charge in [-0.05, 0) is 17.7 Å². The lowest BCUT2D eigenvalue weighted by Gasteiger charge is -2.18. The number of aliphatic hydroxyl groups excluding tert-OH is 1. The highest BCUT2D eigenvalue weighted by Gasteiger charge is 2.37. The predicted octanol–water partition coefficient (Wildman–Crippen LogP) is 2.34. The van der Waals surface area contributed by atoms with E-state index in [1.807, 2.05) is 0 Å². The van der Waals surface area contributed by atoms with E-state index >= 15 is 0 Å². The number of halogens is 2. The van der Waals surface area contributed by atoms with E-state index in [0.717, 1.165) is 0 Å². The van der Waals surface area contributed by atoms with Gasteiger partial charge in [-0.25, -0.2) is 4.79 Å². The van der Waals surface area contributed by atoms with Gasteiger partial charge in [0.05, 0.1) is 12.1 Å². The Bertz CT molecular complexity index is 513. The molecule has 1 aromatic carbocycles. The molecule has 1 N–H and O–H groups in total. The van der Waals surface area contributed by atoms with Crippen molar-refractivity contribution in [1.82, 2.24) is 0 Å². The highest BCUT2D eigenvalue weighted by atomic mass is 35.5. The highest BCUT2D eigenvalue weighted by molar-refractivity contribution is 6.48. The fourth-order valence-electron chi connectivity index (χ4n) is 1.64. The Morgan fingerprint density at radius 3 is 2.72 bits per heavy atom. The molecule has 2 atom stereocenters. The smallest absolute Gasteiger partial charge is 0.351 e. The maximum atomic E-state index is 11.2. The van der Waals surface area contributed by atoms with Crippen LogP contribution in [0, 0.1) is 0 Å². The summed E-state index contributed by atoms with van der Waals surface area (Å²) in [6.07, 6.45) is -2.06. The van der Waals surface area contributed by atoms with Crippen LogP contribution in [0.2, 0.25) is 0 Å². The first-order valence-corrected chi connectivity index (χ1v) is 5.88. The Balaban J connectivity index is 2.27. The Labute approximate surface area is 114 Å². The van der Waals surface area contributed by atoms with Crippen LogP contribution in [0.1, 0.15) is 11.7 Å². The molecular weight excluding hydrogens is 279 g/mol. The van der Waals surface area contributed by atoms with Gasteiger partial charge in [-0.2, -0.15) is 0 Å². The summed E-state index contributed by atoms with van der Waals surface area (Å²) < 4.78 is 9.95. The Kier molecular flexibility index (Phi) is 3.80. The number of methoxy groups -OCH3 is 1. The molecule has 0 saturated heterocycles. The minimum Gasteiger partial charge on any atom is -0.497 e. The molecular formula is C12H10Cl2O4. The van der Waals surface area contributed by atoms with E-state index in [9.17, 15) is 9.90 Å². The van der Waals surface area contributed by atoms with Crippen molar-refractivity contribution in [3.63, 3.8) is 0 Å². The summed E-state index contributed by atoms with van der Waals surface area (Å²) in [5.74, 6) is -0.143. The van der Waals surface area contributed by atoms with Crippen molar-refractivity contribution < 1.29 is 19.4 Å². The summed E-state index contributed by atoms with van der Waals surface area (Å²) in [6.45, 7) is 0. The second kappa shape index (κ2) is 5.18. The van der Waals surface area contributed by atoms with E-state index in [-0.39, 0.29) is 10.1 Å². The minimum atomic E-state index is -1.09. The average Bonchev–Trinajstić information content (AvgIpc) is 2.65. The summed E-state index contributed by atoms with van der Waals surface area (Å²) >= 11 is 11.5. The molecule has 0 aliphatic carbocycles. The zero-order valence-electron chi connectivity index (χ0n) is 9.39. The Morgan fingerprint density at radius 2 is 2.17 bits per heavy atom. The van der Waals surface area contributed by atoms with E-state index in [2.05, 4.69) is 0 Å². The van der Waals surface area contributed by atoms with Crippen LogP contribution in [-0.4, -0.2) is 24.3 Å². The van der Waals surface area contributed by atoms with Crippen LogP contribution in [0.4, 0.5) is 0 Å². The molecule has 1 heterocycles. The second-order valence-electron chi connectivity index (χ2n) is 3.71. The second-order valence-corrected chi connectivity index (χ2v) is 4.49. The fourth-order valence-corrected chi connectivity index (χ4v) is 2.04. The van der Waals surface area contributed by atoms with Gasteiger partial charge in [-0.1, -0.05) is 35.3 Å². The molecule has 1 aromatic rings.